The van der Waals surface area contributed by atoms with Crippen LogP contribution in [0.15, 0.2) is 0 Å². The molecule has 0 saturated carbocycles. The highest BCUT2D eigenvalue weighted by Crippen LogP contribution is 2.20. The van der Waals surface area contributed by atoms with Crippen LogP contribution in [0.5, 0.6) is 0 Å². The van der Waals surface area contributed by atoms with Crippen LogP contribution < -0.4 is 0 Å². The molecule has 1 fully saturated rings. The highest BCUT2D eigenvalue weighted by Gasteiger charge is 2.30. The maximum Gasteiger partial charge on any atom is 0.410 e. The summed E-state index contributed by atoms with van der Waals surface area (Å²) in [5.74, 6) is -0.437. The Balaban J connectivity index is 2.63. The summed E-state index contributed by atoms with van der Waals surface area (Å²) < 4.78 is 10.4. The summed E-state index contributed by atoms with van der Waals surface area (Å²) in [5, 5.41) is 0. The number of carbonyl (C=O) groups is 2. The monoisotopic (exact) mass is 271 g/mol. The van der Waals surface area contributed by atoms with Gasteiger partial charge in [0, 0.05) is 13.1 Å². The number of likely N-dealkylation sites (tertiary alicyclic amines) is 1. The Kier molecular flexibility index (Phi) is 5.63. The van der Waals surface area contributed by atoms with Gasteiger partial charge in [0.2, 0.25) is 0 Å². The molecule has 0 bridgehead atoms. The Labute approximate surface area is 115 Å². The van der Waals surface area contributed by atoms with Crippen LogP contribution in [0.4, 0.5) is 4.79 Å². The molecule has 0 radical (unpaired) electrons. The van der Waals surface area contributed by atoms with Gasteiger partial charge >= 0.3 is 12.1 Å². The number of rotatable bonds is 2. The molecule has 19 heavy (non-hydrogen) atoms. The first-order chi connectivity index (χ1) is 8.83. The summed E-state index contributed by atoms with van der Waals surface area (Å²) in [6.45, 7) is 8.73. The minimum absolute atomic E-state index is 0.210. The first-order valence-corrected chi connectivity index (χ1v) is 6.98. The first kappa shape index (κ1) is 15.8. The van der Waals surface area contributed by atoms with Crippen LogP contribution in [0.3, 0.4) is 0 Å². The fourth-order valence-electron chi connectivity index (χ4n) is 2.09. The third-order valence-corrected chi connectivity index (χ3v) is 2.94. The van der Waals surface area contributed by atoms with Gasteiger partial charge in [0.15, 0.2) is 0 Å². The number of ether oxygens (including phenoxy) is 2. The lowest BCUT2D eigenvalue weighted by atomic mass is 10.0. The molecule has 0 spiro atoms. The number of amides is 1. The van der Waals surface area contributed by atoms with E-state index in [-0.39, 0.29) is 18.0 Å². The van der Waals surface area contributed by atoms with E-state index < -0.39 is 5.60 Å². The minimum atomic E-state index is -0.511. The summed E-state index contributed by atoms with van der Waals surface area (Å²) in [6.07, 6.45) is 2.26. The molecule has 1 atom stereocenters. The smallest absolute Gasteiger partial charge is 0.410 e. The quantitative estimate of drug-likeness (QED) is 0.724. The average Bonchev–Trinajstić information content (AvgIpc) is 2.52. The topological polar surface area (TPSA) is 55.8 Å². The van der Waals surface area contributed by atoms with Crippen LogP contribution in [-0.2, 0) is 14.3 Å². The number of nitrogens with zero attached hydrogens (tertiary/aromatic N) is 1. The lowest BCUT2D eigenvalue weighted by molar-refractivity contribution is -0.148. The molecule has 1 aliphatic heterocycles. The van der Waals surface area contributed by atoms with Crippen molar-refractivity contribution in [2.75, 3.05) is 19.7 Å². The Hall–Kier alpha value is -1.26. The SMILES string of the molecule is CCOC(=O)C1CCCCN(C(=O)OC(C)(C)C)C1. The van der Waals surface area contributed by atoms with E-state index in [1.165, 1.54) is 0 Å². The normalized spacial score (nSPS) is 20.6. The van der Waals surface area contributed by atoms with Gasteiger partial charge in [0.25, 0.3) is 0 Å². The van der Waals surface area contributed by atoms with Gasteiger partial charge in [-0.2, -0.15) is 0 Å². The zero-order valence-corrected chi connectivity index (χ0v) is 12.4. The van der Waals surface area contributed by atoms with Crippen LogP contribution >= 0.6 is 0 Å². The molecular formula is C14H25NO4. The minimum Gasteiger partial charge on any atom is -0.466 e. The molecule has 0 aromatic carbocycles. The van der Waals surface area contributed by atoms with E-state index in [9.17, 15) is 9.59 Å². The predicted molar refractivity (Wildman–Crippen MR) is 71.8 cm³/mol. The lowest BCUT2D eigenvalue weighted by Gasteiger charge is -2.27. The average molecular weight is 271 g/mol. The second-order valence-electron chi connectivity index (χ2n) is 5.87. The van der Waals surface area contributed by atoms with Crippen LogP contribution in [0, 0.1) is 5.92 Å². The number of esters is 1. The van der Waals surface area contributed by atoms with Crippen LogP contribution in [0.2, 0.25) is 0 Å². The van der Waals surface area contributed by atoms with Crippen molar-refractivity contribution >= 4 is 12.1 Å². The van der Waals surface area contributed by atoms with Crippen molar-refractivity contribution in [1.29, 1.82) is 0 Å². The number of hydrogen-bond donors (Lipinski definition) is 0. The van der Waals surface area contributed by atoms with E-state index in [1.54, 1.807) is 11.8 Å². The third-order valence-electron chi connectivity index (χ3n) is 2.94. The van der Waals surface area contributed by atoms with Crippen molar-refractivity contribution in [2.24, 2.45) is 5.92 Å². The molecule has 0 N–H and O–H groups in total. The molecule has 110 valence electrons. The zero-order chi connectivity index (χ0) is 14.5. The van der Waals surface area contributed by atoms with Crippen LogP contribution in [0.25, 0.3) is 0 Å². The zero-order valence-electron chi connectivity index (χ0n) is 12.4. The molecule has 5 heteroatoms. The fraction of sp³-hybridized carbons (Fsp3) is 0.857. The Morgan fingerprint density at radius 1 is 1.26 bits per heavy atom. The maximum absolute atomic E-state index is 12.0. The van der Waals surface area contributed by atoms with Crippen molar-refractivity contribution in [2.45, 2.75) is 52.6 Å². The van der Waals surface area contributed by atoms with Gasteiger partial charge in [-0.05, 0) is 40.5 Å². The molecule has 1 unspecified atom stereocenters. The van der Waals surface area contributed by atoms with Crippen molar-refractivity contribution in [1.82, 2.24) is 4.90 Å². The molecule has 0 aromatic rings. The first-order valence-electron chi connectivity index (χ1n) is 6.98. The second-order valence-corrected chi connectivity index (χ2v) is 5.87. The molecule has 1 rings (SSSR count). The van der Waals surface area contributed by atoms with Crippen molar-refractivity contribution < 1.29 is 19.1 Å². The third kappa shape index (κ3) is 5.49. The number of hydrogen-bond acceptors (Lipinski definition) is 4. The lowest BCUT2D eigenvalue weighted by Crippen LogP contribution is -2.40. The van der Waals surface area contributed by atoms with Crippen molar-refractivity contribution in [3.63, 3.8) is 0 Å². The molecular weight excluding hydrogens is 246 g/mol. The largest absolute Gasteiger partial charge is 0.466 e. The standard InChI is InChI=1S/C14H25NO4/c1-5-18-12(16)11-8-6-7-9-15(10-11)13(17)19-14(2,3)4/h11H,5-10H2,1-4H3. The van der Waals surface area contributed by atoms with Gasteiger partial charge in [-0.25, -0.2) is 4.79 Å². The van der Waals surface area contributed by atoms with E-state index in [0.717, 1.165) is 19.3 Å². The molecule has 1 amide bonds. The highest BCUT2D eigenvalue weighted by molar-refractivity contribution is 5.74. The van der Waals surface area contributed by atoms with Gasteiger partial charge in [0.05, 0.1) is 12.5 Å². The van der Waals surface area contributed by atoms with Gasteiger partial charge in [0.1, 0.15) is 5.60 Å². The van der Waals surface area contributed by atoms with E-state index >= 15 is 0 Å². The predicted octanol–water partition coefficient (Wildman–Crippen LogP) is 2.59. The summed E-state index contributed by atoms with van der Waals surface area (Å²) >= 11 is 0. The van der Waals surface area contributed by atoms with E-state index in [0.29, 0.717) is 19.7 Å². The second kappa shape index (κ2) is 6.78. The number of carbonyl (C=O) groups excluding carboxylic acids is 2. The summed E-state index contributed by atoms with van der Waals surface area (Å²) in [6, 6.07) is 0. The summed E-state index contributed by atoms with van der Waals surface area (Å²) in [7, 11) is 0. The maximum atomic E-state index is 12.0. The Bertz CT molecular complexity index is 322. The fourth-order valence-corrected chi connectivity index (χ4v) is 2.09. The van der Waals surface area contributed by atoms with Gasteiger partial charge in [-0.1, -0.05) is 6.42 Å². The van der Waals surface area contributed by atoms with Crippen molar-refractivity contribution in [3.8, 4) is 0 Å². The van der Waals surface area contributed by atoms with Gasteiger partial charge < -0.3 is 14.4 Å². The Morgan fingerprint density at radius 3 is 2.53 bits per heavy atom. The van der Waals surface area contributed by atoms with Crippen molar-refractivity contribution in [3.05, 3.63) is 0 Å². The Morgan fingerprint density at radius 2 is 1.95 bits per heavy atom. The van der Waals surface area contributed by atoms with Gasteiger partial charge in [-0.3, -0.25) is 4.79 Å². The van der Waals surface area contributed by atoms with Crippen LogP contribution in [0.1, 0.15) is 47.0 Å². The molecule has 1 heterocycles. The highest BCUT2D eigenvalue weighted by atomic mass is 16.6. The summed E-state index contributed by atoms with van der Waals surface area (Å²) in [4.78, 5) is 25.5. The molecule has 0 aromatic heterocycles. The van der Waals surface area contributed by atoms with E-state index in [1.807, 2.05) is 20.8 Å². The van der Waals surface area contributed by atoms with Crippen LogP contribution in [-0.4, -0.2) is 42.3 Å². The van der Waals surface area contributed by atoms with Gasteiger partial charge in [-0.15, -0.1) is 0 Å². The summed E-state index contributed by atoms with van der Waals surface area (Å²) in [5.41, 5.74) is -0.511. The molecule has 1 aliphatic rings. The van der Waals surface area contributed by atoms with E-state index in [4.69, 9.17) is 9.47 Å². The molecule has 0 aliphatic carbocycles. The molecule has 5 nitrogen and oxygen atoms in total. The van der Waals surface area contributed by atoms with E-state index in [2.05, 4.69) is 0 Å². The molecule has 1 saturated heterocycles.